The number of benzene rings is 1. The molecule has 98 valence electrons. The highest BCUT2D eigenvalue weighted by atomic mass is 28.1. The summed E-state index contributed by atoms with van der Waals surface area (Å²) < 4.78 is 5.50. The summed E-state index contributed by atoms with van der Waals surface area (Å²) in [5, 5.41) is 1.40. The fourth-order valence-corrected chi connectivity index (χ4v) is 2.46. The van der Waals surface area contributed by atoms with Crippen LogP contribution in [0.3, 0.4) is 0 Å². The molecule has 3 heteroatoms. The highest BCUT2D eigenvalue weighted by Crippen LogP contribution is 2.26. The zero-order valence-electron chi connectivity index (χ0n) is 12.0. The predicted octanol–water partition coefficient (Wildman–Crippen LogP) is 1.86. The van der Waals surface area contributed by atoms with Crippen LogP contribution >= 0.6 is 0 Å². The number of rotatable bonds is 4. The third-order valence-corrected chi connectivity index (χ3v) is 4.50. The molecule has 0 amide bonds. The van der Waals surface area contributed by atoms with E-state index in [0.29, 0.717) is 5.57 Å². The van der Waals surface area contributed by atoms with Gasteiger partial charge >= 0.3 is 5.97 Å². The fraction of sp³-hybridized carbons (Fsp3) is 0.400. The second kappa shape index (κ2) is 6.00. The number of carbonyl (C=O) groups is 1. The Labute approximate surface area is 112 Å². The van der Waals surface area contributed by atoms with Gasteiger partial charge in [-0.1, -0.05) is 30.8 Å². The molecule has 18 heavy (non-hydrogen) atoms. The Morgan fingerprint density at radius 2 is 2.00 bits per heavy atom. The van der Waals surface area contributed by atoms with E-state index < -0.39 is 0 Å². The van der Waals surface area contributed by atoms with Crippen molar-refractivity contribution < 1.29 is 9.53 Å². The zero-order valence-corrected chi connectivity index (χ0v) is 14.0. The molecule has 0 bridgehead atoms. The molecule has 1 aromatic carbocycles. The standard InChI is InChI=1S/C15H22O2Si/c1-6-13(17-15(16)9(2)3)12-7-8-14(18)11(5)10(12)4/h7-8,13H,2,6H2,1,3-5,18H3. The molecule has 0 N–H and O–H groups in total. The van der Waals surface area contributed by atoms with Crippen molar-refractivity contribution in [2.45, 2.75) is 40.2 Å². The van der Waals surface area contributed by atoms with Gasteiger partial charge in [-0.2, -0.15) is 0 Å². The minimum Gasteiger partial charge on any atom is -0.454 e. The summed E-state index contributed by atoms with van der Waals surface area (Å²) in [6.45, 7) is 11.6. The monoisotopic (exact) mass is 262 g/mol. The molecule has 0 aliphatic rings. The van der Waals surface area contributed by atoms with E-state index >= 15 is 0 Å². The molecule has 2 nitrogen and oxygen atoms in total. The minimum atomic E-state index is -0.311. The summed E-state index contributed by atoms with van der Waals surface area (Å²) in [4.78, 5) is 11.6. The first-order chi connectivity index (χ1) is 8.38. The molecule has 0 spiro atoms. The van der Waals surface area contributed by atoms with Crippen LogP contribution in [0.5, 0.6) is 0 Å². The van der Waals surface area contributed by atoms with Crippen LogP contribution < -0.4 is 5.19 Å². The second-order valence-electron chi connectivity index (χ2n) is 4.80. The third kappa shape index (κ3) is 3.10. The first-order valence-corrected chi connectivity index (χ1v) is 7.31. The first kappa shape index (κ1) is 14.7. The Bertz CT molecular complexity index is 478. The summed E-state index contributed by atoms with van der Waals surface area (Å²) in [5.41, 5.74) is 4.12. The van der Waals surface area contributed by atoms with Crippen LogP contribution in [0.25, 0.3) is 0 Å². The Morgan fingerprint density at radius 3 is 2.50 bits per heavy atom. The van der Waals surface area contributed by atoms with E-state index in [-0.39, 0.29) is 12.1 Å². The summed E-state index contributed by atoms with van der Waals surface area (Å²) in [7, 11) is 1.04. The summed E-state index contributed by atoms with van der Waals surface area (Å²) in [6, 6.07) is 4.23. The lowest BCUT2D eigenvalue weighted by molar-refractivity contribution is -0.144. The van der Waals surface area contributed by atoms with Crippen molar-refractivity contribution >= 4 is 21.4 Å². The molecule has 0 aliphatic carbocycles. The van der Waals surface area contributed by atoms with Crippen molar-refractivity contribution in [3.63, 3.8) is 0 Å². The number of ether oxygens (including phenoxy) is 1. The van der Waals surface area contributed by atoms with E-state index in [1.165, 1.54) is 16.3 Å². The Balaban J connectivity index is 3.06. The average molecular weight is 262 g/mol. The maximum atomic E-state index is 11.6. The molecule has 0 radical (unpaired) electrons. The molecule has 1 atom stereocenters. The summed E-state index contributed by atoms with van der Waals surface area (Å²) in [5.74, 6) is -0.311. The van der Waals surface area contributed by atoms with Crippen molar-refractivity contribution in [3.8, 4) is 0 Å². The highest BCUT2D eigenvalue weighted by molar-refractivity contribution is 6.33. The lowest BCUT2D eigenvalue weighted by Crippen LogP contribution is -2.16. The number of esters is 1. The lowest BCUT2D eigenvalue weighted by Gasteiger charge is -2.20. The van der Waals surface area contributed by atoms with Crippen LogP contribution in [0.1, 0.15) is 43.1 Å². The van der Waals surface area contributed by atoms with E-state index in [1.54, 1.807) is 6.92 Å². The Kier molecular flexibility index (Phi) is 4.90. The van der Waals surface area contributed by atoms with Gasteiger partial charge in [0.25, 0.3) is 0 Å². The van der Waals surface area contributed by atoms with Gasteiger partial charge in [0.05, 0.1) is 0 Å². The normalized spacial score (nSPS) is 12.2. The van der Waals surface area contributed by atoms with Crippen LogP contribution in [0, 0.1) is 13.8 Å². The SMILES string of the molecule is C=C(C)C(=O)OC(CC)c1ccc([SiH3])c(C)c1C. The third-order valence-electron chi connectivity index (χ3n) is 3.42. The van der Waals surface area contributed by atoms with Gasteiger partial charge < -0.3 is 4.74 Å². The van der Waals surface area contributed by atoms with Crippen LogP contribution in [0.4, 0.5) is 0 Å². The van der Waals surface area contributed by atoms with E-state index in [4.69, 9.17) is 4.74 Å². The largest absolute Gasteiger partial charge is 0.454 e. The Morgan fingerprint density at radius 1 is 1.39 bits per heavy atom. The van der Waals surface area contributed by atoms with Crippen LogP contribution in [-0.4, -0.2) is 16.2 Å². The Hall–Kier alpha value is -1.35. The molecular formula is C15H22O2Si. The number of hydrogen-bond donors (Lipinski definition) is 0. The van der Waals surface area contributed by atoms with Crippen molar-refractivity contribution in [2.75, 3.05) is 0 Å². The van der Waals surface area contributed by atoms with Gasteiger partial charge in [0, 0.05) is 15.8 Å². The molecule has 1 rings (SSSR count). The van der Waals surface area contributed by atoms with E-state index in [2.05, 4.69) is 32.6 Å². The molecule has 0 saturated heterocycles. The van der Waals surface area contributed by atoms with Gasteiger partial charge in [-0.25, -0.2) is 4.79 Å². The van der Waals surface area contributed by atoms with Gasteiger partial charge in [0.15, 0.2) is 0 Å². The molecule has 0 heterocycles. The topological polar surface area (TPSA) is 26.3 Å². The molecule has 0 aliphatic heterocycles. The maximum Gasteiger partial charge on any atom is 0.333 e. The molecular weight excluding hydrogens is 240 g/mol. The smallest absolute Gasteiger partial charge is 0.333 e. The summed E-state index contributed by atoms with van der Waals surface area (Å²) >= 11 is 0. The van der Waals surface area contributed by atoms with Crippen LogP contribution in [-0.2, 0) is 9.53 Å². The lowest BCUT2D eigenvalue weighted by atomic mass is 9.97. The second-order valence-corrected chi connectivity index (χ2v) is 5.88. The van der Waals surface area contributed by atoms with Crippen LogP contribution in [0.2, 0.25) is 0 Å². The van der Waals surface area contributed by atoms with E-state index in [9.17, 15) is 4.79 Å². The zero-order chi connectivity index (χ0) is 13.9. The molecule has 0 aromatic heterocycles. The highest BCUT2D eigenvalue weighted by Gasteiger charge is 2.18. The molecule has 0 saturated carbocycles. The van der Waals surface area contributed by atoms with E-state index in [0.717, 1.165) is 22.2 Å². The average Bonchev–Trinajstić information content (AvgIpc) is 2.33. The van der Waals surface area contributed by atoms with E-state index in [1.807, 2.05) is 6.92 Å². The van der Waals surface area contributed by atoms with Gasteiger partial charge in [0.1, 0.15) is 6.10 Å². The van der Waals surface area contributed by atoms with Crippen molar-refractivity contribution in [1.29, 1.82) is 0 Å². The van der Waals surface area contributed by atoms with Gasteiger partial charge in [-0.05, 0) is 43.9 Å². The quantitative estimate of drug-likeness (QED) is 0.470. The van der Waals surface area contributed by atoms with Crippen molar-refractivity contribution in [1.82, 2.24) is 0 Å². The molecule has 0 fully saturated rings. The van der Waals surface area contributed by atoms with Crippen molar-refractivity contribution in [3.05, 3.63) is 41.0 Å². The molecule has 1 unspecified atom stereocenters. The summed E-state index contributed by atoms with van der Waals surface area (Å²) in [6.07, 6.45) is 0.606. The minimum absolute atomic E-state index is 0.171. The molecule has 1 aromatic rings. The van der Waals surface area contributed by atoms with Gasteiger partial charge in [-0.15, -0.1) is 0 Å². The van der Waals surface area contributed by atoms with Gasteiger partial charge in [0.2, 0.25) is 0 Å². The van der Waals surface area contributed by atoms with Crippen LogP contribution in [0.15, 0.2) is 24.3 Å². The first-order valence-electron chi connectivity index (χ1n) is 6.31. The predicted molar refractivity (Wildman–Crippen MR) is 79.4 cm³/mol. The fourth-order valence-electron chi connectivity index (χ4n) is 1.92. The van der Waals surface area contributed by atoms with Gasteiger partial charge in [-0.3, -0.25) is 0 Å². The van der Waals surface area contributed by atoms with Crippen molar-refractivity contribution in [2.24, 2.45) is 0 Å². The number of carbonyl (C=O) groups excluding carboxylic acids is 1. The maximum absolute atomic E-state index is 11.6. The number of hydrogen-bond acceptors (Lipinski definition) is 2.